The highest BCUT2D eigenvalue weighted by atomic mass is 16.5. The molecule has 0 saturated carbocycles. The summed E-state index contributed by atoms with van der Waals surface area (Å²) in [5.74, 6) is -1.07. The summed E-state index contributed by atoms with van der Waals surface area (Å²) >= 11 is 0. The molecule has 1 unspecified atom stereocenters. The fourth-order valence-electron chi connectivity index (χ4n) is 0.756. The van der Waals surface area contributed by atoms with Crippen molar-refractivity contribution in [3.05, 3.63) is 17.5 Å². The number of aromatic nitrogens is 1. The summed E-state index contributed by atoms with van der Waals surface area (Å²) in [4.78, 5) is 12.5. The van der Waals surface area contributed by atoms with E-state index >= 15 is 0 Å². The Bertz CT molecular complexity index is 320. The van der Waals surface area contributed by atoms with Gasteiger partial charge in [-0.25, -0.2) is 0 Å². The zero-order chi connectivity index (χ0) is 12.7. The molecule has 1 atom stereocenters. The highest BCUT2D eigenvalue weighted by Crippen LogP contribution is 2.14. The summed E-state index contributed by atoms with van der Waals surface area (Å²) in [5, 5.41) is 12.2. The number of aliphatic carboxylic acids is 1. The van der Waals surface area contributed by atoms with Gasteiger partial charge in [-0.05, 0) is 28.1 Å². The van der Waals surface area contributed by atoms with Gasteiger partial charge in [-0.15, -0.1) is 0 Å². The topological polar surface area (TPSA) is 92.6 Å². The van der Waals surface area contributed by atoms with Crippen LogP contribution in [0.25, 0.3) is 0 Å². The molecule has 0 fully saturated rings. The van der Waals surface area contributed by atoms with Crippen LogP contribution in [-0.2, 0) is 11.3 Å². The van der Waals surface area contributed by atoms with E-state index in [0.29, 0.717) is 11.5 Å². The minimum Gasteiger partial charge on any atom is -0.481 e. The van der Waals surface area contributed by atoms with Crippen molar-refractivity contribution in [1.82, 2.24) is 10.1 Å². The molecule has 0 bridgehead atoms. The molecule has 0 saturated heterocycles. The average Bonchev–Trinajstić information content (AvgIpc) is 2.63. The predicted molar refractivity (Wildman–Crippen MR) is 60.1 cm³/mol. The van der Waals surface area contributed by atoms with Crippen LogP contribution in [0.3, 0.4) is 0 Å². The molecule has 6 nitrogen and oxygen atoms in total. The molecule has 1 rings (SSSR count). The molecule has 0 amide bonds. The van der Waals surface area contributed by atoms with Crippen molar-refractivity contribution >= 4 is 5.97 Å². The molecule has 0 radical (unpaired) electrons. The molecular weight excluding hydrogens is 210 g/mol. The molecule has 92 valence electrons. The summed E-state index contributed by atoms with van der Waals surface area (Å²) in [6, 6.07) is 1.55. The zero-order valence-electron chi connectivity index (χ0n) is 10.1. The van der Waals surface area contributed by atoms with Crippen LogP contribution in [0.15, 0.2) is 10.6 Å². The Hall–Kier alpha value is -1.40. The Morgan fingerprint density at radius 1 is 1.62 bits per heavy atom. The van der Waals surface area contributed by atoms with Gasteiger partial charge in [-0.1, -0.05) is 5.16 Å². The molecule has 1 aromatic rings. The van der Waals surface area contributed by atoms with E-state index in [1.165, 1.54) is 0 Å². The maximum atomic E-state index is 10.5. The molecule has 0 aliphatic carbocycles. The molecule has 0 aromatic carbocycles. The second-order valence-electron chi connectivity index (χ2n) is 3.82. The second-order valence-corrected chi connectivity index (χ2v) is 3.82. The first-order valence-electron chi connectivity index (χ1n) is 4.87. The van der Waals surface area contributed by atoms with Gasteiger partial charge in [0.05, 0.1) is 18.2 Å². The monoisotopic (exact) mass is 229 g/mol. The average molecular weight is 229 g/mol. The van der Waals surface area contributed by atoms with Crippen molar-refractivity contribution in [2.75, 3.05) is 21.1 Å². The first-order valence-corrected chi connectivity index (χ1v) is 4.87. The standard InChI is InChI=1S/C7H10N2O3.C3H9N/c1-4(7(10)11)6-2-5(3-8)12-9-6;1-4(2)3/h2,4H,3,8H2,1H3,(H,10,11);1-3H3. The second kappa shape index (κ2) is 6.97. The number of nitrogens with zero attached hydrogens (tertiary/aromatic N) is 2. The molecule has 16 heavy (non-hydrogen) atoms. The summed E-state index contributed by atoms with van der Waals surface area (Å²) in [6.45, 7) is 1.78. The lowest BCUT2D eigenvalue weighted by atomic mass is 10.1. The SMILES string of the molecule is CC(C(=O)O)c1cc(CN)on1.CN(C)C. The number of carboxylic acids is 1. The van der Waals surface area contributed by atoms with E-state index in [4.69, 9.17) is 15.4 Å². The third-order valence-electron chi connectivity index (χ3n) is 1.59. The lowest BCUT2D eigenvalue weighted by Crippen LogP contribution is -2.07. The molecule has 0 aliphatic heterocycles. The van der Waals surface area contributed by atoms with Crippen LogP contribution < -0.4 is 5.73 Å². The van der Waals surface area contributed by atoms with Crippen LogP contribution in [0.5, 0.6) is 0 Å². The van der Waals surface area contributed by atoms with Gasteiger partial charge in [0.2, 0.25) is 0 Å². The van der Waals surface area contributed by atoms with E-state index in [9.17, 15) is 4.79 Å². The quantitative estimate of drug-likeness (QED) is 0.784. The summed E-state index contributed by atoms with van der Waals surface area (Å²) in [6.07, 6.45) is 0. The molecule has 6 heteroatoms. The van der Waals surface area contributed by atoms with E-state index in [1.807, 2.05) is 26.0 Å². The van der Waals surface area contributed by atoms with Crippen molar-refractivity contribution in [2.45, 2.75) is 19.4 Å². The van der Waals surface area contributed by atoms with E-state index in [2.05, 4.69) is 5.16 Å². The van der Waals surface area contributed by atoms with Crippen molar-refractivity contribution < 1.29 is 14.4 Å². The highest BCUT2D eigenvalue weighted by Gasteiger charge is 2.17. The Morgan fingerprint density at radius 2 is 2.12 bits per heavy atom. The van der Waals surface area contributed by atoms with Crippen molar-refractivity contribution in [3.8, 4) is 0 Å². The molecule has 1 aromatic heterocycles. The maximum Gasteiger partial charge on any atom is 0.312 e. The fourth-order valence-corrected chi connectivity index (χ4v) is 0.756. The van der Waals surface area contributed by atoms with Crippen LogP contribution >= 0.6 is 0 Å². The normalized spacial score (nSPS) is 11.9. The predicted octanol–water partition coefficient (Wildman–Crippen LogP) is 0.499. The van der Waals surface area contributed by atoms with Crippen LogP contribution in [0.2, 0.25) is 0 Å². The number of nitrogens with two attached hydrogens (primary N) is 1. The van der Waals surface area contributed by atoms with Gasteiger partial charge in [0.15, 0.2) is 5.76 Å². The number of carbonyl (C=O) groups is 1. The minimum atomic E-state index is -0.924. The van der Waals surface area contributed by atoms with Crippen molar-refractivity contribution in [1.29, 1.82) is 0 Å². The minimum absolute atomic E-state index is 0.235. The van der Waals surface area contributed by atoms with Gasteiger partial charge in [0.1, 0.15) is 0 Å². The van der Waals surface area contributed by atoms with Crippen LogP contribution in [-0.4, -0.2) is 42.3 Å². The van der Waals surface area contributed by atoms with E-state index in [1.54, 1.807) is 13.0 Å². The summed E-state index contributed by atoms with van der Waals surface area (Å²) in [7, 11) is 6.00. The van der Waals surface area contributed by atoms with Gasteiger partial charge >= 0.3 is 5.97 Å². The van der Waals surface area contributed by atoms with Crippen molar-refractivity contribution in [3.63, 3.8) is 0 Å². The maximum absolute atomic E-state index is 10.5. The number of hydrogen-bond acceptors (Lipinski definition) is 5. The smallest absolute Gasteiger partial charge is 0.312 e. The largest absolute Gasteiger partial charge is 0.481 e. The van der Waals surface area contributed by atoms with Gasteiger partial charge < -0.3 is 20.3 Å². The van der Waals surface area contributed by atoms with Gasteiger partial charge in [0, 0.05) is 6.07 Å². The molecule has 1 heterocycles. The Kier molecular flexibility index (Phi) is 6.36. The van der Waals surface area contributed by atoms with Gasteiger partial charge in [-0.2, -0.15) is 0 Å². The summed E-state index contributed by atoms with van der Waals surface area (Å²) < 4.78 is 4.75. The van der Waals surface area contributed by atoms with Crippen LogP contribution in [0.1, 0.15) is 24.3 Å². The fraction of sp³-hybridized carbons (Fsp3) is 0.600. The lowest BCUT2D eigenvalue weighted by Gasteiger charge is -1.97. The molecular formula is C10H19N3O3. The molecule has 3 N–H and O–H groups in total. The molecule has 0 aliphatic rings. The first kappa shape index (κ1) is 14.6. The van der Waals surface area contributed by atoms with E-state index in [0.717, 1.165) is 0 Å². The Balaban J connectivity index is 0.000000487. The van der Waals surface area contributed by atoms with Crippen LogP contribution in [0, 0.1) is 0 Å². The molecule has 0 spiro atoms. The summed E-state index contributed by atoms with van der Waals surface area (Å²) in [5.41, 5.74) is 5.66. The van der Waals surface area contributed by atoms with Gasteiger partial charge in [0.25, 0.3) is 0 Å². The Morgan fingerprint density at radius 3 is 2.44 bits per heavy atom. The first-order chi connectivity index (χ1) is 7.38. The Labute approximate surface area is 95.0 Å². The third kappa shape index (κ3) is 5.47. The zero-order valence-corrected chi connectivity index (χ0v) is 10.1. The highest BCUT2D eigenvalue weighted by molar-refractivity contribution is 5.74. The lowest BCUT2D eigenvalue weighted by molar-refractivity contribution is -0.138. The van der Waals surface area contributed by atoms with E-state index < -0.39 is 11.9 Å². The number of hydrogen-bond donors (Lipinski definition) is 2. The van der Waals surface area contributed by atoms with E-state index in [-0.39, 0.29) is 6.54 Å². The third-order valence-corrected chi connectivity index (χ3v) is 1.59. The van der Waals surface area contributed by atoms with Crippen molar-refractivity contribution in [2.24, 2.45) is 5.73 Å². The number of carboxylic acid groups (broad SMARTS) is 1. The number of rotatable bonds is 3. The van der Waals surface area contributed by atoms with Crippen LogP contribution in [0.4, 0.5) is 0 Å². The van der Waals surface area contributed by atoms with Gasteiger partial charge in [-0.3, -0.25) is 4.79 Å².